The van der Waals surface area contributed by atoms with Crippen LogP contribution < -0.4 is 9.62 Å². The molecule has 3 aromatic rings. The Morgan fingerprint density at radius 1 is 0.949 bits per heavy atom. The molecule has 0 heterocycles. The van der Waals surface area contributed by atoms with Gasteiger partial charge in [0.15, 0.2) is 0 Å². The average Bonchev–Trinajstić information content (AvgIpc) is 2.90. The molecule has 0 saturated heterocycles. The van der Waals surface area contributed by atoms with Crippen molar-refractivity contribution in [3.05, 3.63) is 94.0 Å². The van der Waals surface area contributed by atoms with Crippen LogP contribution in [-0.4, -0.2) is 44.3 Å². The van der Waals surface area contributed by atoms with E-state index in [0.29, 0.717) is 6.54 Å². The molecule has 208 valence electrons. The summed E-state index contributed by atoms with van der Waals surface area (Å²) in [4.78, 5) is 28.4. The highest BCUT2D eigenvalue weighted by Crippen LogP contribution is 2.30. The fourth-order valence-electron chi connectivity index (χ4n) is 4.02. The zero-order valence-corrected chi connectivity index (χ0v) is 24.6. The Kier molecular flexibility index (Phi) is 10.8. The molecular formula is C29H33Cl2N3O4S. The molecule has 0 saturated carbocycles. The number of carbonyl (C=O) groups is 2. The van der Waals surface area contributed by atoms with Gasteiger partial charge in [-0.05, 0) is 61.7 Å². The maximum atomic E-state index is 13.9. The molecule has 2 amide bonds. The summed E-state index contributed by atoms with van der Waals surface area (Å²) in [5.41, 5.74) is 1.94. The van der Waals surface area contributed by atoms with Crippen LogP contribution in [0.2, 0.25) is 10.0 Å². The molecule has 10 heteroatoms. The lowest BCUT2D eigenvalue weighted by atomic mass is 10.1. The molecule has 0 spiro atoms. The molecule has 0 aliphatic rings. The molecular weight excluding hydrogens is 557 g/mol. The van der Waals surface area contributed by atoms with Crippen LogP contribution in [-0.2, 0) is 26.2 Å². The number of hydrogen-bond donors (Lipinski definition) is 1. The number of hydrogen-bond acceptors (Lipinski definition) is 4. The molecule has 0 aliphatic heterocycles. The monoisotopic (exact) mass is 589 g/mol. The first-order valence-corrected chi connectivity index (χ1v) is 14.9. The molecule has 1 N–H and O–H groups in total. The number of aryl methyl sites for hydroxylation is 1. The maximum absolute atomic E-state index is 13.9. The van der Waals surface area contributed by atoms with Gasteiger partial charge in [0.05, 0.1) is 10.6 Å². The molecule has 0 radical (unpaired) electrons. The normalized spacial score (nSPS) is 12.0. The van der Waals surface area contributed by atoms with Crippen LogP contribution in [0.3, 0.4) is 0 Å². The van der Waals surface area contributed by atoms with Crippen LogP contribution in [0.15, 0.2) is 77.7 Å². The number of carbonyl (C=O) groups excluding carboxylic acids is 2. The van der Waals surface area contributed by atoms with Gasteiger partial charge in [-0.15, -0.1) is 0 Å². The van der Waals surface area contributed by atoms with Crippen LogP contribution in [0.1, 0.15) is 37.8 Å². The van der Waals surface area contributed by atoms with Crippen LogP contribution in [0.25, 0.3) is 0 Å². The smallest absolute Gasteiger partial charge is 0.264 e. The number of rotatable bonds is 12. The number of sulfonamides is 1. The van der Waals surface area contributed by atoms with E-state index in [0.717, 1.165) is 28.3 Å². The molecule has 0 bridgehead atoms. The number of unbranched alkanes of at least 4 members (excludes halogenated alkanes) is 1. The predicted molar refractivity (Wildman–Crippen MR) is 157 cm³/mol. The quantitative estimate of drug-likeness (QED) is 0.269. The second-order valence-electron chi connectivity index (χ2n) is 9.22. The third kappa shape index (κ3) is 7.97. The number of nitrogens with zero attached hydrogens (tertiary/aromatic N) is 2. The Bertz CT molecular complexity index is 1380. The van der Waals surface area contributed by atoms with E-state index >= 15 is 0 Å². The van der Waals surface area contributed by atoms with Crippen molar-refractivity contribution in [2.75, 3.05) is 17.4 Å². The van der Waals surface area contributed by atoms with E-state index in [4.69, 9.17) is 23.2 Å². The molecule has 1 atom stereocenters. The van der Waals surface area contributed by atoms with Crippen LogP contribution in [0.5, 0.6) is 0 Å². The first kappa shape index (κ1) is 30.5. The number of anilines is 1. The molecule has 3 rings (SSSR count). The van der Waals surface area contributed by atoms with E-state index in [9.17, 15) is 18.0 Å². The summed E-state index contributed by atoms with van der Waals surface area (Å²) in [6.07, 6.45) is 1.72. The van der Waals surface area contributed by atoms with E-state index in [1.54, 1.807) is 25.1 Å². The summed E-state index contributed by atoms with van der Waals surface area (Å²) >= 11 is 12.4. The van der Waals surface area contributed by atoms with Gasteiger partial charge in [-0.3, -0.25) is 13.9 Å². The zero-order chi connectivity index (χ0) is 28.6. The fraction of sp³-hybridized carbons (Fsp3) is 0.310. The zero-order valence-electron chi connectivity index (χ0n) is 22.2. The van der Waals surface area contributed by atoms with Crippen molar-refractivity contribution >= 4 is 50.7 Å². The lowest BCUT2D eigenvalue weighted by molar-refractivity contribution is -0.139. The van der Waals surface area contributed by atoms with Crippen molar-refractivity contribution in [2.45, 2.75) is 51.1 Å². The summed E-state index contributed by atoms with van der Waals surface area (Å²) in [5.74, 6) is -0.861. The molecule has 0 aliphatic carbocycles. The van der Waals surface area contributed by atoms with E-state index in [1.807, 2.05) is 38.1 Å². The maximum Gasteiger partial charge on any atom is 0.264 e. The minimum absolute atomic E-state index is 0.00436. The Labute approximate surface area is 240 Å². The van der Waals surface area contributed by atoms with E-state index in [1.165, 1.54) is 35.2 Å². The highest BCUT2D eigenvalue weighted by atomic mass is 35.5. The van der Waals surface area contributed by atoms with Crippen molar-refractivity contribution in [1.29, 1.82) is 0 Å². The van der Waals surface area contributed by atoms with Crippen LogP contribution in [0, 0.1) is 6.92 Å². The summed E-state index contributed by atoms with van der Waals surface area (Å²) in [6.45, 7) is 5.64. The highest BCUT2D eigenvalue weighted by molar-refractivity contribution is 7.92. The van der Waals surface area contributed by atoms with Crippen molar-refractivity contribution in [1.82, 2.24) is 10.2 Å². The van der Waals surface area contributed by atoms with Crippen molar-refractivity contribution < 1.29 is 18.0 Å². The van der Waals surface area contributed by atoms with Gasteiger partial charge in [-0.2, -0.15) is 0 Å². The molecule has 7 nitrogen and oxygen atoms in total. The second-order valence-corrected chi connectivity index (χ2v) is 12.0. The summed E-state index contributed by atoms with van der Waals surface area (Å²) in [5, 5.41) is 3.32. The van der Waals surface area contributed by atoms with E-state index in [-0.39, 0.29) is 33.1 Å². The van der Waals surface area contributed by atoms with Crippen LogP contribution in [0.4, 0.5) is 5.69 Å². The van der Waals surface area contributed by atoms with Gasteiger partial charge in [0, 0.05) is 23.1 Å². The Morgan fingerprint density at radius 3 is 2.18 bits per heavy atom. The summed E-state index contributed by atoms with van der Waals surface area (Å²) in [7, 11) is -4.19. The largest absolute Gasteiger partial charge is 0.354 e. The van der Waals surface area contributed by atoms with Gasteiger partial charge in [-0.1, -0.05) is 79.0 Å². The Morgan fingerprint density at radius 2 is 1.56 bits per heavy atom. The second kappa shape index (κ2) is 13.8. The summed E-state index contributed by atoms with van der Waals surface area (Å²) in [6, 6.07) is 18.9. The number of benzene rings is 3. The van der Waals surface area contributed by atoms with Gasteiger partial charge < -0.3 is 10.2 Å². The number of amides is 2. The predicted octanol–water partition coefficient (Wildman–Crippen LogP) is 5.83. The molecule has 39 heavy (non-hydrogen) atoms. The molecule has 0 aromatic heterocycles. The standard InChI is InChI=1S/C29H33Cl2N3O4S/c1-4-5-15-32-29(36)22(3)33(19-23-12-10-9-11-21(23)2)28(35)20-34(26-17-24(30)16-25(31)18-26)39(37,38)27-13-7-6-8-14-27/h6-14,16-18,22H,4-5,15,19-20H2,1-3H3,(H,32,36). The topological polar surface area (TPSA) is 86.8 Å². The van der Waals surface area contributed by atoms with E-state index < -0.39 is 28.5 Å². The highest BCUT2D eigenvalue weighted by Gasteiger charge is 2.32. The third-order valence-corrected chi connectivity index (χ3v) is 8.57. The van der Waals surface area contributed by atoms with Gasteiger partial charge in [0.2, 0.25) is 11.8 Å². The van der Waals surface area contributed by atoms with E-state index in [2.05, 4.69) is 5.32 Å². The minimum atomic E-state index is -4.19. The number of nitrogens with one attached hydrogen (secondary N) is 1. The number of halogens is 2. The first-order chi connectivity index (χ1) is 18.5. The molecule has 1 unspecified atom stereocenters. The Hall–Kier alpha value is -3.07. The summed E-state index contributed by atoms with van der Waals surface area (Å²) < 4.78 is 28.6. The first-order valence-electron chi connectivity index (χ1n) is 12.7. The van der Waals surface area contributed by atoms with Crippen molar-refractivity contribution in [3.63, 3.8) is 0 Å². The fourth-order valence-corrected chi connectivity index (χ4v) is 5.95. The third-order valence-electron chi connectivity index (χ3n) is 6.34. The lowest BCUT2D eigenvalue weighted by Gasteiger charge is -2.32. The Balaban J connectivity index is 2.03. The van der Waals surface area contributed by atoms with Gasteiger partial charge >= 0.3 is 0 Å². The lowest BCUT2D eigenvalue weighted by Crippen LogP contribution is -2.51. The van der Waals surface area contributed by atoms with Crippen molar-refractivity contribution in [3.8, 4) is 0 Å². The van der Waals surface area contributed by atoms with Gasteiger partial charge in [0.1, 0.15) is 12.6 Å². The molecule has 3 aromatic carbocycles. The van der Waals surface area contributed by atoms with Gasteiger partial charge in [-0.25, -0.2) is 8.42 Å². The SMILES string of the molecule is CCCCNC(=O)C(C)N(Cc1ccccc1C)C(=O)CN(c1cc(Cl)cc(Cl)c1)S(=O)(=O)c1ccccc1. The minimum Gasteiger partial charge on any atom is -0.354 e. The van der Waals surface area contributed by atoms with Crippen molar-refractivity contribution in [2.24, 2.45) is 0 Å². The van der Waals surface area contributed by atoms with Gasteiger partial charge in [0.25, 0.3) is 10.0 Å². The average molecular weight is 591 g/mol. The molecule has 0 fully saturated rings. The van der Waals surface area contributed by atoms with Crippen LogP contribution >= 0.6 is 23.2 Å².